The Labute approximate surface area is 120 Å². The number of pyridine rings is 1. The maximum Gasteiger partial charge on any atom is 0.341 e. The summed E-state index contributed by atoms with van der Waals surface area (Å²) in [4.78, 5) is 18.4. The van der Waals surface area contributed by atoms with Crippen molar-refractivity contribution in [3.05, 3.63) is 17.8 Å². The molecule has 0 spiro atoms. The van der Waals surface area contributed by atoms with Crippen molar-refractivity contribution in [1.29, 1.82) is 0 Å². The van der Waals surface area contributed by atoms with Gasteiger partial charge in [-0.3, -0.25) is 0 Å². The molecule has 0 amide bonds. The van der Waals surface area contributed by atoms with E-state index in [4.69, 9.17) is 10.5 Å². The zero-order chi connectivity index (χ0) is 14.5. The number of nitrogen functional groups attached to an aromatic ring is 1. The molecule has 2 N–H and O–H groups in total. The highest BCUT2D eigenvalue weighted by Crippen LogP contribution is 2.28. The van der Waals surface area contributed by atoms with Gasteiger partial charge in [-0.1, -0.05) is 19.8 Å². The Bertz CT molecular complexity index is 468. The van der Waals surface area contributed by atoms with E-state index in [1.54, 1.807) is 12.3 Å². The number of nitrogens with two attached hydrogens (primary N) is 1. The van der Waals surface area contributed by atoms with Crippen LogP contribution in [0.1, 0.15) is 43.0 Å². The third-order valence-corrected chi connectivity index (χ3v) is 3.90. The SMILES string of the molecule is CCCC1CCN(c2ncc(N)cc2C(=O)OC)CC1. The largest absolute Gasteiger partial charge is 0.465 e. The third-order valence-electron chi connectivity index (χ3n) is 3.90. The molecular formula is C15H23N3O2. The lowest BCUT2D eigenvalue weighted by Gasteiger charge is -2.33. The summed E-state index contributed by atoms with van der Waals surface area (Å²) in [5.74, 6) is 1.11. The molecule has 1 aliphatic rings. The maximum absolute atomic E-state index is 11.9. The van der Waals surface area contributed by atoms with E-state index < -0.39 is 0 Å². The molecule has 0 radical (unpaired) electrons. The van der Waals surface area contributed by atoms with Crippen LogP contribution < -0.4 is 10.6 Å². The summed E-state index contributed by atoms with van der Waals surface area (Å²) in [7, 11) is 1.38. The first-order valence-corrected chi connectivity index (χ1v) is 7.24. The predicted octanol–water partition coefficient (Wildman–Crippen LogP) is 2.47. The Morgan fingerprint density at radius 2 is 2.20 bits per heavy atom. The number of carbonyl (C=O) groups excluding carboxylic acids is 1. The van der Waals surface area contributed by atoms with Gasteiger partial charge in [0.25, 0.3) is 0 Å². The van der Waals surface area contributed by atoms with E-state index in [0.29, 0.717) is 17.1 Å². The monoisotopic (exact) mass is 277 g/mol. The van der Waals surface area contributed by atoms with Crippen LogP contribution in [0.25, 0.3) is 0 Å². The van der Waals surface area contributed by atoms with Gasteiger partial charge >= 0.3 is 5.97 Å². The highest BCUT2D eigenvalue weighted by Gasteiger charge is 2.24. The Morgan fingerprint density at radius 3 is 2.80 bits per heavy atom. The van der Waals surface area contributed by atoms with E-state index in [1.807, 2.05) is 0 Å². The summed E-state index contributed by atoms with van der Waals surface area (Å²) in [6.07, 6.45) is 6.42. The molecule has 0 saturated carbocycles. The van der Waals surface area contributed by atoms with Crippen molar-refractivity contribution in [3.8, 4) is 0 Å². The molecule has 1 aliphatic heterocycles. The number of ether oxygens (including phenoxy) is 1. The Kier molecular flexibility index (Phi) is 4.82. The van der Waals surface area contributed by atoms with Gasteiger partial charge in [-0.25, -0.2) is 9.78 Å². The Morgan fingerprint density at radius 1 is 1.50 bits per heavy atom. The number of anilines is 2. The molecule has 0 aliphatic carbocycles. The molecule has 1 saturated heterocycles. The summed E-state index contributed by atoms with van der Waals surface area (Å²) in [5, 5.41) is 0. The second-order valence-corrected chi connectivity index (χ2v) is 5.35. The fraction of sp³-hybridized carbons (Fsp3) is 0.600. The highest BCUT2D eigenvalue weighted by molar-refractivity contribution is 5.95. The molecule has 5 nitrogen and oxygen atoms in total. The second-order valence-electron chi connectivity index (χ2n) is 5.35. The summed E-state index contributed by atoms with van der Waals surface area (Å²) < 4.78 is 4.82. The van der Waals surface area contributed by atoms with E-state index >= 15 is 0 Å². The fourth-order valence-electron chi connectivity index (χ4n) is 2.83. The molecule has 0 atom stereocenters. The second kappa shape index (κ2) is 6.59. The van der Waals surface area contributed by atoms with Crippen LogP contribution in [0.5, 0.6) is 0 Å². The lowest BCUT2D eigenvalue weighted by molar-refractivity contribution is 0.0601. The van der Waals surface area contributed by atoms with E-state index in [9.17, 15) is 4.79 Å². The molecule has 110 valence electrons. The number of rotatable bonds is 4. The average Bonchev–Trinajstić information content (AvgIpc) is 2.47. The van der Waals surface area contributed by atoms with Crippen LogP contribution in [0.4, 0.5) is 11.5 Å². The summed E-state index contributed by atoms with van der Waals surface area (Å²) in [6, 6.07) is 1.65. The van der Waals surface area contributed by atoms with Gasteiger partial charge in [0.05, 0.1) is 19.0 Å². The standard InChI is InChI=1S/C15H23N3O2/c1-3-4-11-5-7-18(8-6-11)14-13(15(19)20-2)9-12(16)10-17-14/h9-11H,3-8,16H2,1-2H3. The van der Waals surface area contributed by atoms with Gasteiger partial charge in [0.15, 0.2) is 0 Å². The summed E-state index contributed by atoms with van der Waals surface area (Å²) in [5.41, 5.74) is 6.66. The van der Waals surface area contributed by atoms with Crippen LogP contribution in [0, 0.1) is 5.92 Å². The van der Waals surface area contributed by atoms with Crippen LogP contribution in [-0.4, -0.2) is 31.2 Å². The molecule has 5 heteroatoms. The molecule has 2 rings (SSSR count). The number of piperidine rings is 1. The van der Waals surface area contributed by atoms with Crippen LogP contribution >= 0.6 is 0 Å². The first kappa shape index (κ1) is 14.6. The van der Waals surface area contributed by atoms with Gasteiger partial charge < -0.3 is 15.4 Å². The minimum atomic E-state index is -0.379. The topological polar surface area (TPSA) is 68.5 Å². The Balaban J connectivity index is 2.15. The summed E-state index contributed by atoms with van der Waals surface area (Å²) in [6.45, 7) is 4.10. The zero-order valence-electron chi connectivity index (χ0n) is 12.3. The van der Waals surface area contributed by atoms with Crippen LogP contribution in [0.15, 0.2) is 12.3 Å². The van der Waals surface area contributed by atoms with E-state index in [-0.39, 0.29) is 5.97 Å². The van der Waals surface area contributed by atoms with Crippen molar-refractivity contribution >= 4 is 17.5 Å². The molecule has 1 fully saturated rings. The molecule has 0 unspecified atom stereocenters. The van der Waals surface area contributed by atoms with Gasteiger partial charge in [0.1, 0.15) is 11.4 Å². The molecule has 0 aromatic carbocycles. The lowest BCUT2D eigenvalue weighted by atomic mass is 9.92. The molecule has 0 bridgehead atoms. The van der Waals surface area contributed by atoms with Crippen LogP contribution in [0.3, 0.4) is 0 Å². The van der Waals surface area contributed by atoms with E-state index in [0.717, 1.165) is 31.8 Å². The fourth-order valence-corrected chi connectivity index (χ4v) is 2.83. The molecular weight excluding hydrogens is 254 g/mol. The smallest absolute Gasteiger partial charge is 0.341 e. The minimum Gasteiger partial charge on any atom is -0.465 e. The van der Waals surface area contributed by atoms with Gasteiger partial charge in [-0.05, 0) is 24.8 Å². The first-order chi connectivity index (χ1) is 9.65. The Hall–Kier alpha value is -1.78. The number of esters is 1. The molecule has 1 aromatic heterocycles. The van der Waals surface area contributed by atoms with Crippen molar-refractivity contribution in [2.45, 2.75) is 32.6 Å². The number of hydrogen-bond acceptors (Lipinski definition) is 5. The van der Waals surface area contributed by atoms with Crippen molar-refractivity contribution in [3.63, 3.8) is 0 Å². The normalized spacial score (nSPS) is 16.2. The van der Waals surface area contributed by atoms with Crippen LogP contribution in [0.2, 0.25) is 0 Å². The predicted molar refractivity (Wildman–Crippen MR) is 79.8 cm³/mol. The van der Waals surface area contributed by atoms with E-state index in [1.165, 1.54) is 20.0 Å². The number of carbonyl (C=O) groups is 1. The minimum absolute atomic E-state index is 0.379. The molecule has 1 aromatic rings. The van der Waals surface area contributed by atoms with E-state index in [2.05, 4.69) is 16.8 Å². The number of hydrogen-bond donors (Lipinski definition) is 1. The number of methoxy groups -OCH3 is 1. The molecule has 2 heterocycles. The third kappa shape index (κ3) is 3.21. The van der Waals surface area contributed by atoms with Gasteiger partial charge in [-0.2, -0.15) is 0 Å². The highest BCUT2D eigenvalue weighted by atomic mass is 16.5. The van der Waals surface area contributed by atoms with Gasteiger partial charge in [-0.15, -0.1) is 0 Å². The maximum atomic E-state index is 11.9. The average molecular weight is 277 g/mol. The van der Waals surface area contributed by atoms with Crippen LogP contribution in [-0.2, 0) is 4.74 Å². The van der Waals surface area contributed by atoms with Crippen molar-refractivity contribution in [2.75, 3.05) is 30.8 Å². The molecule has 20 heavy (non-hydrogen) atoms. The summed E-state index contributed by atoms with van der Waals surface area (Å²) >= 11 is 0. The first-order valence-electron chi connectivity index (χ1n) is 7.24. The van der Waals surface area contributed by atoms with Crippen molar-refractivity contribution in [1.82, 2.24) is 4.98 Å². The lowest BCUT2D eigenvalue weighted by Crippen LogP contribution is -2.35. The quantitative estimate of drug-likeness (QED) is 0.856. The van der Waals surface area contributed by atoms with Gasteiger partial charge in [0.2, 0.25) is 0 Å². The van der Waals surface area contributed by atoms with Crippen molar-refractivity contribution < 1.29 is 9.53 Å². The zero-order valence-corrected chi connectivity index (χ0v) is 12.3. The van der Waals surface area contributed by atoms with Crippen molar-refractivity contribution in [2.24, 2.45) is 5.92 Å². The number of aromatic nitrogens is 1. The van der Waals surface area contributed by atoms with Gasteiger partial charge in [0, 0.05) is 13.1 Å². The number of nitrogens with zero attached hydrogens (tertiary/aromatic N) is 2.